The Hall–Kier alpha value is -2.07. The molecule has 0 bridgehead atoms. The number of sulfone groups is 1. The molecule has 6 nitrogen and oxygen atoms in total. The van der Waals surface area contributed by atoms with Crippen molar-refractivity contribution in [3.63, 3.8) is 0 Å². The van der Waals surface area contributed by atoms with Gasteiger partial charge in [-0.15, -0.1) is 23.1 Å². The van der Waals surface area contributed by atoms with E-state index < -0.39 is 9.84 Å². The molecular weight excluding hydrogens is 440 g/mol. The third kappa shape index (κ3) is 4.02. The van der Waals surface area contributed by atoms with Crippen LogP contribution in [0.1, 0.15) is 5.76 Å². The summed E-state index contributed by atoms with van der Waals surface area (Å²) in [5.74, 6) is 0.937. The van der Waals surface area contributed by atoms with Crippen LogP contribution in [0, 0.1) is 0 Å². The van der Waals surface area contributed by atoms with Gasteiger partial charge in [-0.2, -0.15) is 4.98 Å². The summed E-state index contributed by atoms with van der Waals surface area (Å²) in [6.45, 7) is 0. The fraction of sp³-hybridized carbons (Fsp3) is 0.111. The highest BCUT2D eigenvalue weighted by Gasteiger charge is 2.21. The van der Waals surface area contributed by atoms with Gasteiger partial charge in [0.15, 0.2) is 15.6 Å². The Morgan fingerprint density at radius 3 is 2.57 bits per heavy atom. The summed E-state index contributed by atoms with van der Waals surface area (Å²) >= 11 is 8.49. The van der Waals surface area contributed by atoms with Crippen LogP contribution >= 0.6 is 34.7 Å². The van der Waals surface area contributed by atoms with Gasteiger partial charge in [-0.3, -0.25) is 0 Å². The van der Waals surface area contributed by atoms with E-state index in [9.17, 15) is 8.42 Å². The molecule has 28 heavy (non-hydrogen) atoms. The number of aromatic nitrogens is 2. The van der Waals surface area contributed by atoms with E-state index in [4.69, 9.17) is 20.5 Å². The van der Waals surface area contributed by atoms with Crippen molar-refractivity contribution in [1.29, 1.82) is 0 Å². The molecule has 3 heterocycles. The lowest BCUT2D eigenvalue weighted by atomic mass is 10.2. The van der Waals surface area contributed by atoms with Gasteiger partial charge in [0.1, 0.15) is 15.7 Å². The first kappa shape index (κ1) is 19.3. The van der Waals surface area contributed by atoms with Gasteiger partial charge in [-0.1, -0.05) is 16.8 Å². The van der Waals surface area contributed by atoms with Crippen LogP contribution in [0.5, 0.6) is 0 Å². The fourth-order valence-electron chi connectivity index (χ4n) is 2.47. The average molecular weight is 453 g/mol. The molecule has 144 valence electrons. The van der Waals surface area contributed by atoms with Crippen molar-refractivity contribution in [1.82, 2.24) is 10.1 Å². The van der Waals surface area contributed by atoms with Crippen LogP contribution in [0.4, 0.5) is 0 Å². The highest BCUT2D eigenvalue weighted by atomic mass is 35.5. The van der Waals surface area contributed by atoms with Gasteiger partial charge in [0.05, 0.1) is 4.34 Å². The van der Waals surface area contributed by atoms with E-state index in [2.05, 4.69) is 10.1 Å². The van der Waals surface area contributed by atoms with Gasteiger partial charge in [-0.25, -0.2) is 8.42 Å². The summed E-state index contributed by atoms with van der Waals surface area (Å²) in [6.07, 6.45) is 2.00. The van der Waals surface area contributed by atoms with Crippen molar-refractivity contribution in [2.24, 2.45) is 0 Å². The zero-order chi connectivity index (χ0) is 19.7. The van der Waals surface area contributed by atoms with Crippen molar-refractivity contribution in [3.8, 4) is 23.0 Å². The molecule has 0 N–H and O–H groups in total. The standard InChI is InChI=1S/C18H13ClN2O4S3/c1-26-13-5-2-11(3-6-13)17-20-18(25-21-17)14-7-4-12(24-14)10-28(22,23)16-9-8-15(19)27-16/h2-9H,10H2,1H3. The highest BCUT2D eigenvalue weighted by Crippen LogP contribution is 2.30. The van der Waals surface area contributed by atoms with Crippen molar-refractivity contribution in [2.75, 3.05) is 6.26 Å². The molecule has 0 spiro atoms. The Labute approximate surface area is 174 Å². The summed E-state index contributed by atoms with van der Waals surface area (Å²) < 4.78 is 36.4. The van der Waals surface area contributed by atoms with Crippen molar-refractivity contribution < 1.29 is 17.4 Å². The van der Waals surface area contributed by atoms with Crippen LogP contribution in [0.2, 0.25) is 4.34 Å². The van der Waals surface area contributed by atoms with Crippen LogP contribution in [-0.4, -0.2) is 24.8 Å². The zero-order valence-electron chi connectivity index (χ0n) is 14.5. The smallest absolute Gasteiger partial charge is 0.293 e. The maximum atomic E-state index is 12.4. The Balaban J connectivity index is 1.54. The van der Waals surface area contributed by atoms with Crippen LogP contribution in [-0.2, 0) is 15.6 Å². The molecule has 0 radical (unpaired) electrons. The first-order valence-corrected chi connectivity index (χ1v) is 12.1. The molecule has 10 heteroatoms. The lowest BCUT2D eigenvalue weighted by Crippen LogP contribution is -2.01. The summed E-state index contributed by atoms with van der Waals surface area (Å²) in [5, 5.41) is 3.97. The second-order valence-electron chi connectivity index (χ2n) is 5.74. The Morgan fingerprint density at radius 1 is 1.11 bits per heavy atom. The molecule has 0 unspecified atom stereocenters. The number of halogens is 1. The predicted octanol–water partition coefficient (Wildman–Crippen LogP) is 5.41. The summed E-state index contributed by atoms with van der Waals surface area (Å²) in [4.78, 5) is 5.47. The summed E-state index contributed by atoms with van der Waals surface area (Å²) in [5.41, 5.74) is 0.816. The first-order chi connectivity index (χ1) is 13.4. The number of nitrogens with zero attached hydrogens (tertiary/aromatic N) is 2. The molecule has 0 aliphatic heterocycles. The monoisotopic (exact) mass is 452 g/mol. The number of hydrogen-bond donors (Lipinski definition) is 0. The summed E-state index contributed by atoms with van der Waals surface area (Å²) in [7, 11) is -3.53. The molecule has 3 aromatic heterocycles. The van der Waals surface area contributed by atoms with Gasteiger partial charge in [0, 0.05) is 10.5 Å². The largest absolute Gasteiger partial charge is 0.455 e. The van der Waals surface area contributed by atoms with Gasteiger partial charge >= 0.3 is 0 Å². The number of benzene rings is 1. The molecule has 4 rings (SSSR count). The maximum Gasteiger partial charge on any atom is 0.293 e. The third-order valence-electron chi connectivity index (χ3n) is 3.83. The zero-order valence-corrected chi connectivity index (χ0v) is 17.7. The first-order valence-electron chi connectivity index (χ1n) is 8.00. The second kappa shape index (κ2) is 7.75. The molecule has 0 saturated carbocycles. The second-order valence-corrected chi connectivity index (χ2v) is 10.5. The van der Waals surface area contributed by atoms with E-state index in [1.54, 1.807) is 30.0 Å². The minimum atomic E-state index is -3.53. The normalized spacial score (nSPS) is 11.8. The number of furan rings is 1. The van der Waals surface area contributed by atoms with E-state index >= 15 is 0 Å². The predicted molar refractivity (Wildman–Crippen MR) is 109 cm³/mol. The molecule has 4 aromatic rings. The lowest BCUT2D eigenvalue weighted by Gasteiger charge is -1.98. The van der Waals surface area contributed by atoms with Crippen LogP contribution in [0.25, 0.3) is 23.0 Å². The van der Waals surface area contributed by atoms with E-state index in [0.717, 1.165) is 21.8 Å². The van der Waals surface area contributed by atoms with Gasteiger partial charge in [0.2, 0.25) is 5.82 Å². The molecule has 0 fully saturated rings. The number of thioether (sulfide) groups is 1. The third-order valence-corrected chi connectivity index (χ3v) is 8.03. The van der Waals surface area contributed by atoms with E-state index in [0.29, 0.717) is 15.9 Å². The van der Waals surface area contributed by atoms with Crippen molar-refractivity contribution >= 4 is 44.5 Å². The van der Waals surface area contributed by atoms with Crippen LogP contribution in [0.15, 0.2) is 66.6 Å². The molecule has 0 aliphatic rings. The van der Waals surface area contributed by atoms with Crippen LogP contribution < -0.4 is 0 Å². The Kier molecular flexibility index (Phi) is 5.33. The molecule has 0 atom stereocenters. The minimum absolute atomic E-state index is 0.187. The molecular formula is C18H13ClN2O4S3. The van der Waals surface area contributed by atoms with E-state index in [-0.39, 0.29) is 21.6 Å². The minimum Gasteiger partial charge on any atom is -0.455 e. The summed E-state index contributed by atoms with van der Waals surface area (Å²) in [6, 6.07) is 14.0. The van der Waals surface area contributed by atoms with Crippen LogP contribution in [0.3, 0.4) is 0 Å². The Bertz CT molecular complexity index is 1210. The molecule has 0 aliphatic carbocycles. The Morgan fingerprint density at radius 2 is 1.89 bits per heavy atom. The highest BCUT2D eigenvalue weighted by molar-refractivity contribution is 7.98. The molecule has 0 saturated heterocycles. The number of rotatable bonds is 6. The lowest BCUT2D eigenvalue weighted by molar-refractivity contribution is 0.413. The number of hydrogen-bond acceptors (Lipinski definition) is 8. The average Bonchev–Trinajstić information content (AvgIpc) is 3.42. The number of thiophene rings is 1. The van der Waals surface area contributed by atoms with Gasteiger partial charge < -0.3 is 8.94 Å². The van der Waals surface area contributed by atoms with Gasteiger partial charge in [-0.05, 0) is 54.8 Å². The fourth-order valence-corrected chi connectivity index (χ4v) is 5.70. The van der Waals surface area contributed by atoms with Crippen molar-refractivity contribution in [2.45, 2.75) is 14.9 Å². The quantitative estimate of drug-likeness (QED) is 0.361. The SMILES string of the molecule is CSc1ccc(-c2noc(-c3ccc(CS(=O)(=O)c4ccc(Cl)s4)o3)n2)cc1. The van der Waals surface area contributed by atoms with E-state index in [1.165, 1.54) is 6.07 Å². The maximum absolute atomic E-state index is 12.4. The topological polar surface area (TPSA) is 86.2 Å². The molecule has 0 amide bonds. The molecule has 1 aromatic carbocycles. The van der Waals surface area contributed by atoms with E-state index in [1.807, 2.05) is 30.5 Å². The van der Waals surface area contributed by atoms with Gasteiger partial charge in [0.25, 0.3) is 5.89 Å². The van der Waals surface area contributed by atoms with Crippen molar-refractivity contribution in [3.05, 3.63) is 58.6 Å².